The maximum atomic E-state index is 3.74. The summed E-state index contributed by atoms with van der Waals surface area (Å²) in [5.41, 5.74) is 1.01. The Hall–Kier alpha value is -0.0800. The van der Waals surface area contributed by atoms with Crippen LogP contribution in [-0.4, -0.2) is 36.6 Å². The van der Waals surface area contributed by atoms with Crippen LogP contribution < -0.4 is 5.32 Å². The van der Waals surface area contributed by atoms with Crippen molar-refractivity contribution in [2.75, 3.05) is 19.6 Å². The highest BCUT2D eigenvalue weighted by Crippen LogP contribution is 2.47. The molecule has 0 amide bonds. The topological polar surface area (TPSA) is 15.3 Å². The molecule has 2 heteroatoms. The molecular weight excluding hydrogens is 244 g/mol. The molecule has 0 aromatic carbocycles. The smallest absolute Gasteiger partial charge is 0.0221 e. The molecule has 1 aliphatic carbocycles. The standard InChI is InChI=1S/C18H36N2/c1-7-14(2)16-12-20(9-8-19-16)15-10-17(3,4)13-18(5,6)11-15/h14-16,19H,7-13H2,1-6H3. The number of hydrogen-bond donors (Lipinski definition) is 1. The second-order valence-electron chi connectivity index (χ2n) is 9.01. The molecule has 2 nitrogen and oxygen atoms in total. The van der Waals surface area contributed by atoms with Gasteiger partial charge in [-0.3, -0.25) is 4.90 Å². The average Bonchev–Trinajstić information content (AvgIpc) is 2.34. The molecule has 1 heterocycles. The lowest BCUT2D eigenvalue weighted by Gasteiger charge is -2.50. The van der Waals surface area contributed by atoms with Gasteiger partial charge in [0.15, 0.2) is 0 Å². The van der Waals surface area contributed by atoms with Gasteiger partial charge in [-0.15, -0.1) is 0 Å². The Balaban J connectivity index is 2.03. The normalized spacial score (nSPS) is 33.0. The molecule has 1 N–H and O–H groups in total. The van der Waals surface area contributed by atoms with Crippen LogP contribution in [0.1, 0.15) is 67.2 Å². The Morgan fingerprint density at radius 2 is 1.75 bits per heavy atom. The van der Waals surface area contributed by atoms with Crippen LogP contribution in [0.25, 0.3) is 0 Å². The molecule has 0 aromatic rings. The van der Waals surface area contributed by atoms with Crippen molar-refractivity contribution in [3.8, 4) is 0 Å². The lowest BCUT2D eigenvalue weighted by molar-refractivity contribution is 0.00798. The van der Waals surface area contributed by atoms with E-state index in [-0.39, 0.29) is 0 Å². The van der Waals surface area contributed by atoms with Gasteiger partial charge in [-0.25, -0.2) is 0 Å². The van der Waals surface area contributed by atoms with Gasteiger partial charge < -0.3 is 5.32 Å². The Morgan fingerprint density at radius 3 is 2.30 bits per heavy atom. The van der Waals surface area contributed by atoms with Crippen LogP contribution in [-0.2, 0) is 0 Å². The predicted molar refractivity (Wildman–Crippen MR) is 88.0 cm³/mol. The number of piperazine rings is 1. The second kappa shape index (κ2) is 5.96. The summed E-state index contributed by atoms with van der Waals surface area (Å²) in [5, 5.41) is 3.74. The fraction of sp³-hybridized carbons (Fsp3) is 1.00. The summed E-state index contributed by atoms with van der Waals surface area (Å²) in [4.78, 5) is 2.80. The first-order valence-corrected chi connectivity index (χ1v) is 8.70. The van der Waals surface area contributed by atoms with Crippen molar-refractivity contribution in [2.45, 2.75) is 79.3 Å². The van der Waals surface area contributed by atoms with Crippen molar-refractivity contribution in [3.05, 3.63) is 0 Å². The largest absolute Gasteiger partial charge is 0.311 e. The van der Waals surface area contributed by atoms with Gasteiger partial charge in [-0.1, -0.05) is 48.0 Å². The van der Waals surface area contributed by atoms with Crippen molar-refractivity contribution < 1.29 is 0 Å². The third-order valence-corrected chi connectivity index (χ3v) is 5.62. The van der Waals surface area contributed by atoms with E-state index >= 15 is 0 Å². The van der Waals surface area contributed by atoms with Crippen LogP contribution in [0.5, 0.6) is 0 Å². The zero-order valence-corrected chi connectivity index (χ0v) is 14.6. The molecule has 0 radical (unpaired) electrons. The molecule has 2 aliphatic rings. The fourth-order valence-corrected chi connectivity index (χ4v) is 4.85. The van der Waals surface area contributed by atoms with Crippen molar-refractivity contribution in [1.29, 1.82) is 0 Å². The van der Waals surface area contributed by atoms with Gasteiger partial charge in [0.1, 0.15) is 0 Å². The SMILES string of the molecule is CCC(C)C1CN(C2CC(C)(C)CC(C)(C)C2)CCN1. The summed E-state index contributed by atoms with van der Waals surface area (Å²) in [7, 11) is 0. The van der Waals surface area contributed by atoms with Crippen LogP contribution in [0.3, 0.4) is 0 Å². The van der Waals surface area contributed by atoms with Gasteiger partial charge in [0, 0.05) is 31.7 Å². The second-order valence-corrected chi connectivity index (χ2v) is 9.01. The number of nitrogens with one attached hydrogen (secondary N) is 1. The van der Waals surface area contributed by atoms with E-state index < -0.39 is 0 Å². The average molecular weight is 280 g/mol. The molecule has 20 heavy (non-hydrogen) atoms. The minimum atomic E-state index is 0.503. The van der Waals surface area contributed by atoms with E-state index in [0.29, 0.717) is 16.9 Å². The zero-order valence-electron chi connectivity index (χ0n) is 14.6. The monoisotopic (exact) mass is 280 g/mol. The van der Waals surface area contributed by atoms with Gasteiger partial charge in [0.2, 0.25) is 0 Å². The minimum absolute atomic E-state index is 0.503. The summed E-state index contributed by atoms with van der Waals surface area (Å²) >= 11 is 0. The lowest BCUT2D eigenvalue weighted by Crippen LogP contribution is -2.58. The first-order valence-electron chi connectivity index (χ1n) is 8.70. The third kappa shape index (κ3) is 3.98. The van der Waals surface area contributed by atoms with E-state index in [9.17, 15) is 0 Å². The molecular formula is C18H36N2. The highest BCUT2D eigenvalue weighted by atomic mass is 15.2. The minimum Gasteiger partial charge on any atom is -0.311 e. The molecule has 2 unspecified atom stereocenters. The van der Waals surface area contributed by atoms with Crippen molar-refractivity contribution >= 4 is 0 Å². The summed E-state index contributed by atoms with van der Waals surface area (Å²) in [6, 6.07) is 1.49. The maximum absolute atomic E-state index is 3.74. The zero-order chi connectivity index (χ0) is 15.0. The van der Waals surface area contributed by atoms with Gasteiger partial charge in [0.25, 0.3) is 0 Å². The first kappa shape index (κ1) is 16.3. The summed E-state index contributed by atoms with van der Waals surface area (Å²) < 4.78 is 0. The summed E-state index contributed by atoms with van der Waals surface area (Å²) in [6.45, 7) is 18.3. The number of hydrogen-bond acceptors (Lipinski definition) is 2. The fourth-order valence-electron chi connectivity index (χ4n) is 4.85. The predicted octanol–water partition coefficient (Wildman–Crippen LogP) is 3.91. The molecule has 0 aromatic heterocycles. The first-order chi connectivity index (χ1) is 9.22. The molecule has 0 spiro atoms. The maximum Gasteiger partial charge on any atom is 0.0221 e. The van der Waals surface area contributed by atoms with E-state index in [1.807, 2.05) is 0 Å². The Labute approximate surface area is 126 Å². The van der Waals surface area contributed by atoms with Gasteiger partial charge in [0.05, 0.1) is 0 Å². The molecule has 2 fully saturated rings. The molecule has 118 valence electrons. The third-order valence-electron chi connectivity index (χ3n) is 5.62. The van der Waals surface area contributed by atoms with Crippen molar-refractivity contribution in [3.63, 3.8) is 0 Å². The molecule has 0 bridgehead atoms. The number of rotatable bonds is 3. The Morgan fingerprint density at radius 1 is 1.15 bits per heavy atom. The van der Waals surface area contributed by atoms with Crippen LogP contribution >= 0.6 is 0 Å². The van der Waals surface area contributed by atoms with Crippen LogP contribution in [0.15, 0.2) is 0 Å². The molecule has 2 atom stereocenters. The Kier molecular flexibility index (Phi) is 4.86. The van der Waals surface area contributed by atoms with Gasteiger partial charge >= 0.3 is 0 Å². The van der Waals surface area contributed by atoms with Crippen LogP contribution in [0, 0.1) is 16.7 Å². The Bertz CT molecular complexity index is 305. The molecule has 1 saturated heterocycles. The quantitative estimate of drug-likeness (QED) is 0.843. The lowest BCUT2D eigenvalue weighted by atomic mass is 9.63. The van der Waals surface area contributed by atoms with E-state index in [4.69, 9.17) is 0 Å². The molecule has 1 aliphatic heterocycles. The van der Waals surface area contributed by atoms with Gasteiger partial charge in [-0.05, 0) is 36.0 Å². The molecule has 2 rings (SSSR count). The highest BCUT2D eigenvalue weighted by molar-refractivity contribution is 4.95. The van der Waals surface area contributed by atoms with E-state index in [1.54, 1.807) is 0 Å². The van der Waals surface area contributed by atoms with Gasteiger partial charge in [-0.2, -0.15) is 0 Å². The summed E-state index contributed by atoms with van der Waals surface area (Å²) in [6.07, 6.45) is 5.41. The van der Waals surface area contributed by atoms with E-state index in [0.717, 1.165) is 12.0 Å². The van der Waals surface area contributed by atoms with Crippen molar-refractivity contribution in [1.82, 2.24) is 10.2 Å². The molecule has 1 saturated carbocycles. The van der Waals surface area contributed by atoms with E-state index in [2.05, 4.69) is 51.8 Å². The summed E-state index contributed by atoms with van der Waals surface area (Å²) in [5.74, 6) is 0.794. The van der Waals surface area contributed by atoms with Crippen molar-refractivity contribution in [2.24, 2.45) is 16.7 Å². The number of nitrogens with zero attached hydrogens (tertiary/aromatic N) is 1. The van der Waals surface area contributed by atoms with E-state index in [1.165, 1.54) is 45.3 Å². The van der Waals surface area contributed by atoms with Crippen LogP contribution in [0.2, 0.25) is 0 Å². The highest BCUT2D eigenvalue weighted by Gasteiger charge is 2.41. The van der Waals surface area contributed by atoms with Crippen LogP contribution in [0.4, 0.5) is 0 Å².